The molecule has 0 bridgehead atoms. The lowest BCUT2D eigenvalue weighted by Crippen LogP contribution is -2.41. The third kappa shape index (κ3) is 3.17. The van der Waals surface area contributed by atoms with E-state index in [9.17, 15) is 14.7 Å². The zero-order chi connectivity index (χ0) is 19.9. The van der Waals surface area contributed by atoms with Gasteiger partial charge in [-0.1, -0.05) is 0 Å². The van der Waals surface area contributed by atoms with Crippen molar-refractivity contribution in [3.05, 3.63) is 62.4 Å². The van der Waals surface area contributed by atoms with Crippen LogP contribution in [-0.2, 0) is 0 Å². The number of nitrogens with one attached hydrogen (secondary N) is 2. The highest BCUT2D eigenvalue weighted by Gasteiger charge is 2.42. The van der Waals surface area contributed by atoms with E-state index >= 15 is 0 Å². The number of rotatable bonds is 6. The van der Waals surface area contributed by atoms with Gasteiger partial charge in [-0.2, -0.15) is 11.8 Å². The number of thioether (sulfide) groups is 1. The van der Waals surface area contributed by atoms with Crippen molar-refractivity contribution in [2.45, 2.75) is 37.5 Å². The Hall–Kier alpha value is -2.74. The summed E-state index contributed by atoms with van der Waals surface area (Å²) in [6.07, 6.45) is 3.49. The molecule has 2 atom stereocenters. The first kappa shape index (κ1) is 18.6. The molecular weight excluding hydrogens is 378 g/mol. The fourth-order valence-corrected chi connectivity index (χ4v) is 4.97. The number of aromatic hydroxyl groups is 1. The normalized spacial score (nSPS) is 20.4. The SMILES string of the molecule is Cc1ccc(C(Nc2c(Nc3cccnc3O)c(=O)c2=O)[C@]2(C)CCCS2)o1. The summed E-state index contributed by atoms with van der Waals surface area (Å²) in [5, 5.41) is 16.0. The van der Waals surface area contributed by atoms with Gasteiger partial charge in [-0.15, -0.1) is 0 Å². The van der Waals surface area contributed by atoms with Gasteiger partial charge in [-0.25, -0.2) is 4.98 Å². The zero-order valence-electron chi connectivity index (χ0n) is 15.6. The van der Waals surface area contributed by atoms with Crippen molar-refractivity contribution in [1.29, 1.82) is 0 Å². The van der Waals surface area contributed by atoms with Crippen LogP contribution in [0, 0.1) is 6.92 Å². The number of pyridine rings is 1. The smallest absolute Gasteiger partial charge is 0.253 e. The van der Waals surface area contributed by atoms with Crippen LogP contribution >= 0.6 is 11.8 Å². The van der Waals surface area contributed by atoms with E-state index in [-0.39, 0.29) is 33.7 Å². The lowest BCUT2D eigenvalue weighted by atomic mass is 9.93. The molecule has 0 amide bonds. The first-order chi connectivity index (χ1) is 13.4. The Morgan fingerprint density at radius 1 is 1.25 bits per heavy atom. The Balaban J connectivity index is 1.68. The fraction of sp³-hybridized carbons (Fsp3) is 0.350. The average Bonchev–Trinajstić information content (AvgIpc) is 3.31. The standard InChI is InChI=1S/C20H21N3O4S/c1-11-6-7-13(27-11)18(20(2)8-4-10-28-20)23-15-14(16(24)17(15)25)22-12-5-3-9-21-19(12)26/h3,5-7,9,18,22-23H,4,8,10H2,1-2H3,(H,21,26)/t18?,20-/m0/s1. The van der Waals surface area contributed by atoms with Gasteiger partial charge in [0.1, 0.15) is 28.6 Å². The molecule has 3 N–H and O–H groups in total. The summed E-state index contributed by atoms with van der Waals surface area (Å²) in [6.45, 7) is 4.02. The highest BCUT2D eigenvalue weighted by Crippen LogP contribution is 2.48. The number of aromatic nitrogens is 1. The zero-order valence-corrected chi connectivity index (χ0v) is 16.4. The summed E-state index contributed by atoms with van der Waals surface area (Å²) in [4.78, 5) is 28.3. The van der Waals surface area contributed by atoms with E-state index in [1.165, 1.54) is 6.20 Å². The highest BCUT2D eigenvalue weighted by atomic mass is 32.2. The Morgan fingerprint density at radius 2 is 2.04 bits per heavy atom. The van der Waals surface area contributed by atoms with E-state index in [2.05, 4.69) is 22.5 Å². The minimum atomic E-state index is -0.621. The van der Waals surface area contributed by atoms with Gasteiger partial charge >= 0.3 is 0 Å². The van der Waals surface area contributed by atoms with Gasteiger partial charge in [0.05, 0.1) is 6.04 Å². The maximum absolute atomic E-state index is 12.3. The number of hydrogen-bond donors (Lipinski definition) is 3. The number of furan rings is 1. The molecule has 0 spiro atoms. The van der Waals surface area contributed by atoms with E-state index in [0.717, 1.165) is 30.1 Å². The Morgan fingerprint density at radius 3 is 2.68 bits per heavy atom. The lowest BCUT2D eigenvalue weighted by molar-refractivity contribution is 0.409. The monoisotopic (exact) mass is 399 g/mol. The highest BCUT2D eigenvalue weighted by molar-refractivity contribution is 8.00. The van der Waals surface area contributed by atoms with Crippen molar-refractivity contribution in [3.8, 4) is 5.88 Å². The molecule has 146 valence electrons. The number of hydrogen-bond acceptors (Lipinski definition) is 8. The molecule has 1 unspecified atom stereocenters. The molecule has 3 aromatic rings. The van der Waals surface area contributed by atoms with Crippen molar-refractivity contribution in [2.24, 2.45) is 0 Å². The van der Waals surface area contributed by atoms with Gasteiger partial charge in [0, 0.05) is 10.9 Å². The van der Waals surface area contributed by atoms with Crippen LogP contribution in [0.2, 0.25) is 0 Å². The molecule has 3 heterocycles. The van der Waals surface area contributed by atoms with E-state index in [4.69, 9.17) is 4.42 Å². The van der Waals surface area contributed by atoms with Crippen molar-refractivity contribution in [3.63, 3.8) is 0 Å². The number of nitrogens with zero attached hydrogens (tertiary/aromatic N) is 1. The Labute approximate surface area is 165 Å². The quantitative estimate of drug-likeness (QED) is 0.541. The molecule has 1 aromatic carbocycles. The van der Waals surface area contributed by atoms with E-state index in [1.54, 1.807) is 12.1 Å². The van der Waals surface area contributed by atoms with E-state index in [1.807, 2.05) is 30.8 Å². The van der Waals surface area contributed by atoms with Crippen molar-refractivity contribution in [2.75, 3.05) is 16.4 Å². The van der Waals surface area contributed by atoms with Crippen LogP contribution in [0.5, 0.6) is 5.88 Å². The lowest BCUT2D eigenvalue weighted by Gasteiger charge is -2.34. The summed E-state index contributed by atoms with van der Waals surface area (Å²) in [6, 6.07) is 6.75. The van der Waals surface area contributed by atoms with Crippen LogP contribution in [0.3, 0.4) is 0 Å². The van der Waals surface area contributed by atoms with Gasteiger partial charge in [0.25, 0.3) is 10.9 Å². The maximum Gasteiger partial charge on any atom is 0.253 e. The molecule has 1 fully saturated rings. The average molecular weight is 399 g/mol. The second kappa shape index (κ2) is 7.01. The third-order valence-electron chi connectivity index (χ3n) is 5.15. The largest absolute Gasteiger partial charge is 0.492 e. The topological polar surface area (TPSA) is 104 Å². The summed E-state index contributed by atoms with van der Waals surface area (Å²) in [5.74, 6) is 2.32. The minimum Gasteiger partial charge on any atom is -0.492 e. The molecule has 1 aliphatic heterocycles. The van der Waals surface area contributed by atoms with Gasteiger partial charge in [0.2, 0.25) is 5.88 Å². The molecule has 1 saturated heterocycles. The molecular formula is C20H21N3O4S. The number of aryl methyl sites for hydroxylation is 1. The van der Waals surface area contributed by atoms with Gasteiger partial charge in [-0.3, -0.25) is 9.59 Å². The maximum atomic E-state index is 12.3. The summed E-state index contributed by atoms with van der Waals surface area (Å²) in [5.41, 5.74) is -0.589. The summed E-state index contributed by atoms with van der Waals surface area (Å²) in [7, 11) is 0. The molecule has 0 saturated carbocycles. The van der Waals surface area contributed by atoms with Gasteiger partial charge < -0.3 is 20.2 Å². The van der Waals surface area contributed by atoms with Crippen molar-refractivity contribution >= 4 is 28.8 Å². The first-order valence-corrected chi connectivity index (χ1v) is 10.1. The predicted molar refractivity (Wildman–Crippen MR) is 110 cm³/mol. The van der Waals surface area contributed by atoms with Crippen LogP contribution in [0.4, 0.5) is 17.1 Å². The molecule has 8 heteroatoms. The van der Waals surface area contributed by atoms with Gasteiger partial charge in [0.15, 0.2) is 0 Å². The van der Waals surface area contributed by atoms with Crippen LogP contribution in [-0.4, -0.2) is 20.6 Å². The first-order valence-electron chi connectivity index (χ1n) is 9.10. The molecule has 7 nitrogen and oxygen atoms in total. The Kier molecular flexibility index (Phi) is 4.66. The van der Waals surface area contributed by atoms with Crippen molar-refractivity contribution < 1.29 is 9.52 Å². The minimum absolute atomic E-state index is 0.133. The summed E-state index contributed by atoms with van der Waals surface area (Å²) < 4.78 is 5.69. The predicted octanol–water partition coefficient (Wildman–Crippen LogP) is 3.47. The molecule has 4 rings (SSSR count). The molecule has 28 heavy (non-hydrogen) atoms. The van der Waals surface area contributed by atoms with E-state index < -0.39 is 10.9 Å². The summed E-state index contributed by atoms with van der Waals surface area (Å²) >= 11 is 1.83. The van der Waals surface area contributed by atoms with Gasteiger partial charge in [-0.05, 0) is 56.7 Å². The second-order valence-electron chi connectivity index (χ2n) is 7.20. The Bertz CT molecular complexity index is 1080. The molecule has 0 aliphatic carbocycles. The van der Waals surface area contributed by atoms with Crippen molar-refractivity contribution in [1.82, 2.24) is 4.98 Å². The molecule has 1 aliphatic rings. The van der Waals surface area contributed by atoms with Crippen LogP contribution in [0.15, 0.2) is 44.5 Å². The molecule has 0 radical (unpaired) electrons. The second-order valence-corrected chi connectivity index (χ2v) is 8.83. The van der Waals surface area contributed by atoms with Crippen LogP contribution in [0.25, 0.3) is 0 Å². The number of anilines is 3. The third-order valence-corrected chi connectivity index (χ3v) is 6.74. The van der Waals surface area contributed by atoms with Crippen LogP contribution in [0.1, 0.15) is 37.3 Å². The molecule has 2 aromatic heterocycles. The fourth-order valence-electron chi connectivity index (χ4n) is 3.58. The van der Waals surface area contributed by atoms with E-state index in [0.29, 0.717) is 0 Å². The van der Waals surface area contributed by atoms with Crippen LogP contribution < -0.4 is 21.5 Å².